The second-order valence-corrected chi connectivity index (χ2v) is 6.02. The first kappa shape index (κ1) is 20.2. The van der Waals surface area contributed by atoms with E-state index in [1.165, 1.54) is 19.1 Å². The van der Waals surface area contributed by atoms with Crippen LogP contribution in [0.1, 0.15) is 37.0 Å². The Labute approximate surface area is 148 Å². The predicted molar refractivity (Wildman–Crippen MR) is 88.8 cm³/mol. The number of nitrogens with zero attached hydrogens (tertiary/aromatic N) is 1. The van der Waals surface area contributed by atoms with Crippen LogP contribution in [0.5, 0.6) is 5.75 Å². The van der Waals surface area contributed by atoms with Gasteiger partial charge in [-0.25, -0.2) is 4.79 Å². The van der Waals surface area contributed by atoms with Gasteiger partial charge in [0.05, 0.1) is 5.02 Å². The molecule has 0 bridgehead atoms. The van der Waals surface area contributed by atoms with Crippen LogP contribution >= 0.6 is 23.2 Å². The summed E-state index contributed by atoms with van der Waals surface area (Å²) in [5.41, 5.74) is 0.131. The number of carbonyl (C=O) groups is 2. The zero-order valence-electron chi connectivity index (χ0n) is 13.1. The molecule has 0 aromatic heterocycles. The highest BCUT2D eigenvalue weighted by atomic mass is 35.5. The van der Waals surface area contributed by atoms with Gasteiger partial charge in [0.25, 0.3) is 0 Å². The van der Waals surface area contributed by atoms with Gasteiger partial charge in [0, 0.05) is 29.7 Å². The Morgan fingerprint density at radius 1 is 1.33 bits per heavy atom. The number of halogens is 2. The van der Waals surface area contributed by atoms with Gasteiger partial charge in [0.15, 0.2) is 12.4 Å². The fourth-order valence-corrected chi connectivity index (χ4v) is 2.62. The van der Waals surface area contributed by atoms with E-state index in [1.54, 1.807) is 6.92 Å². The monoisotopic (exact) mass is 377 g/mol. The summed E-state index contributed by atoms with van der Waals surface area (Å²) >= 11 is 12.1. The van der Waals surface area contributed by atoms with E-state index in [-0.39, 0.29) is 33.6 Å². The summed E-state index contributed by atoms with van der Waals surface area (Å²) in [5, 5.41) is 19.3. The van der Waals surface area contributed by atoms with Crippen LogP contribution in [0.25, 0.3) is 0 Å². The minimum Gasteiger partial charge on any atom is -0.480 e. The summed E-state index contributed by atoms with van der Waals surface area (Å²) < 4.78 is 4.98. The van der Waals surface area contributed by atoms with Crippen molar-refractivity contribution in [3.8, 4) is 5.75 Å². The van der Waals surface area contributed by atoms with E-state index in [0.29, 0.717) is 6.42 Å². The van der Waals surface area contributed by atoms with Crippen molar-refractivity contribution >= 4 is 35.0 Å². The maximum absolute atomic E-state index is 12.6. The summed E-state index contributed by atoms with van der Waals surface area (Å²) in [4.78, 5) is 33.5. The number of nitro groups is 1. The molecule has 0 saturated carbocycles. The highest BCUT2D eigenvalue weighted by molar-refractivity contribution is 6.44. The fourth-order valence-electron chi connectivity index (χ4n) is 2.15. The molecular weight excluding hydrogens is 361 g/mol. The average molecular weight is 378 g/mol. The van der Waals surface area contributed by atoms with Gasteiger partial charge < -0.3 is 9.84 Å². The summed E-state index contributed by atoms with van der Waals surface area (Å²) in [7, 11) is 0. The number of carbonyl (C=O) groups excluding carboxylic acids is 1. The Hall–Kier alpha value is -1.86. The number of ketones is 1. The number of aliphatic carboxylic acids is 1. The Morgan fingerprint density at radius 2 is 1.96 bits per heavy atom. The molecule has 9 heteroatoms. The van der Waals surface area contributed by atoms with E-state index in [0.717, 1.165) is 0 Å². The molecule has 1 aromatic carbocycles. The molecule has 0 saturated heterocycles. The van der Waals surface area contributed by atoms with E-state index < -0.39 is 29.5 Å². The third kappa shape index (κ3) is 5.07. The Bertz CT molecular complexity index is 649. The second kappa shape index (κ2) is 8.84. The molecule has 132 valence electrons. The smallest absolute Gasteiger partial charge is 0.341 e. The first-order chi connectivity index (χ1) is 11.2. The lowest BCUT2D eigenvalue weighted by atomic mass is 9.90. The lowest BCUT2D eigenvalue weighted by Gasteiger charge is -2.16. The minimum atomic E-state index is -1.18. The largest absolute Gasteiger partial charge is 0.480 e. The summed E-state index contributed by atoms with van der Waals surface area (Å²) in [6.07, 6.45) is 0.510. The average Bonchev–Trinajstić information content (AvgIpc) is 2.52. The number of benzene rings is 1. The standard InChI is InChI=1S/C15H17Cl2NO6/c1-3-9(6-8(2)18(22)23)15(21)10-4-5-11(14(17)13(10)16)24-7-12(19)20/h4-5,8-9H,3,6-7H2,1-2H3,(H,19,20). The molecule has 0 aliphatic rings. The van der Waals surface area contributed by atoms with Gasteiger partial charge in [-0.2, -0.15) is 0 Å². The molecule has 0 fully saturated rings. The number of carboxylic acid groups (broad SMARTS) is 1. The molecule has 1 aromatic rings. The Kier molecular flexibility index (Phi) is 7.44. The van der Waals surface area contributed by atoms with Gasteiger partial charge in [0.2, 0.25) is 6.04 Å². The number of hydrogen-bond acceptors (Lipinski definition) is 5. The van der Waals surface area contributed by atoms with Crippen molar-refractivity contribution in [2.24, 2.45) is 5.92 Å². The molecule has 0 radical (unpaired) electrons. The number of carboxylic acids is 1. The molecule has 0 heterocycles. The van der Waals surface area contributed by atoms with Crippen molar-refractivity contribution in [1.82, 2.24) is 0 Å². The van der Waals surface area contributed by atoms with Crippen molar-refractivity contribution < 1.29 is 24.4 Å². The van der Waals surface area contributed by atoms with E-state index in [4.69, 9.17) is 33.0 Å². The fraction of sp³-hybridized carbons (Fsp3) is 0.467. The summed E-state index contributed by atoms with van der Waals surface area (Å²) in [6, 6.07) is 1.88. The normalized spacial score (nSPS) is 13.2. The van der Waals surface area contributed by atoms with Crippen LogP contribution in [0.2, 0.25) is 10.0 Å². The molecule has 0 aliphatic carbocycles. The topological polar surface area (TPSA) is 107 Å². The lowest BCUT2D eigenvalue weighted by molar-refractivity contribution is -0.519. The molecule has 2 unspecified atom stereocenters. The second-order valence-electron chi connectivity index (χ2n) is 5.26. The molecule has 1 N–H and O–H groups in total. The van der Waals surface area contributed by atoms with Crippen molar-refractivity contribution in [2.45, 2.75) is 32.7 Å². The molecule has 7 nitrogen and oxygen atoms in total. The molecular formula is C15H17Cl2NO6. The van der Waals surface area contributed by atoms with E-state index in [1.807, 2.05) is 0 Å². The summed E-state index contributed by atoms with van der Waals surface area (Å²) in [5.74, 6) is -2.04. The molecule has 24 heavy (non-hydrogen) atoms. The Morgan fingerprint density at radius 3 is 2.46 bits per heavy atom. The third-order valence-electron chi connectivity index (χ3n) is 3.51. The highest BCUT2D eigenvalue weighted by Crippen LogP contribution is 2.36. The van der Waals surface area contributed by atoms with Crippen LogP contribution in [0.3, 0.4) is 0 Å². The van der Waals surface area contributed by atoms with Crippen LogP contribution in [-0.2, 0) is 4.79 Å². The zero-order valence-corrected chi connectivity index (χ0v) is 14.6. The van der Waals surface area contributed by atoms with E-state index in [2.05, 4.69) is 0 Å². The number of ether oxygens (including phenoxy) is 1. The van der Waals surface area contributed by atoms with Crippen LogP contribution in [0.4, 0.5) is 0 Å². The van der Waals surface area contributed by atoms with Crippen LogP contribution in [0, 0.1) is 16.0 Å². The van der Waals surface area contributed by atoms with Crippen molar-refractivity contribution in [2.75, 3.05) is 6.61 Å². The van der Waals surface area contributed by atoms with Gasteiger partial charge in [-0.1, -0.05) is 30.1 Å². The maximum Gasteiger partial charge on any atom is 0.341 e. The highest BCUT2D eigenvalue weighted by Gasteiger charge is 2.28. The number of rotatable bonds is 9. The van der Waals surface area contributed by atoms with E-state index in [9.17, 15) is 19.7 Å². The Balaban J connectivity index is 3.03. The molecule has 1 rings (SSSR count). The molecule has 0 aliphatic heterocycles. The maximum atomic E-state index is 12.6. The zero-order chi connectivity index (χ0) is 18.4. The van der Waals surface area contributed by atoms with Crippen molar-refractivity contribution in [3.05, 3.63) is 37.9 Å². The summed E-state index contributed by atoms with van der Waals surface area (Å²) in [6.45, 7) is 2.60. The molecule has 0 spiro atoms. The van der Waals surface area contributed by atoms with Crippen LogP contribution in [-0.4, -0.2) is 34.4 Å². The lowest BCUT2D eigenvalue weighted by Crippen LogP contribution is -2.24. The van der Waals surface area contributed by atoms with Gasteiger partial charge >= 0.3 is 5.97 Å². The third-order valence-corrected chi connectivity index (χ3v) is 4.38. The number of hydrogen-bond donors (Lipinski definition) is 1. The first-order valence-electron chi connectivity index (χ1n) is 7.19. The van der Waals surface area contributed by atoms with Gasteiger partial charge in [-0.15, -0.1) is 0 Å². The van der Waals surface area contributed by atoms with Crippen LogP contribution in [0.15, 0.2) is 12.1 Å². The van der Waals surface area contributed by atoms with Crippen molar-refractivity contribution in [3.63, 3.8) is 0 Å². The number of Topliss-reactive ketones (excluding diaryl/α,β-unsaturated/α-hetero) is 1. The van der Waals surface area contributed by atoms with Crippen molar-refractivity contribution in [1.29, 1.82) is 0 Å². The molecule has 0 amide bonds. The predicted octanol–water partition coefficient (Wildman–Crippen LogP) is 3.72. The molecule has 2 atom stereocenters. The minimum absolute atomic E-state index is 0.0484. The SMILES string of the molecule is CCC(CC(C)[N+](=O)[O-])C(=O)c1ccc(OCC(=O)O)c(Cl)c1Cl. The van der Waals surface area contributed by atoms with Gasteiger partial charge in [0.1, 0.15) is 10.8 Å². The quantitative estimate of drug-likeness (QED) is 0.399. The first-order valence-corrected chi connectivity index (χ1v) is 7.94. The van der Waals surface area contributed by atoms with Gasteiger partial charge in [-0.3, -0.25) is 14.9 Å². The van der Waals surface area contributed by atoms with Crippen LogP contribution < -0.4 is 4.74 Å². The van der Waals surface area contributed by atoms with Gasteiger partial charge in [-0.05, 0) is 18.6 Å². The van der Waals surface area contributed by atoms with E-state index >= 15 is 0 Å².